The van der Waals surface area contributed by atoms with Gasteiger partial charge < -0.3 is 8.80 Å². The highest BCUT2D eigenvalue weighted by Crippen LogP contribution is 2.52. The molecule has 504 valence electrons. The molecule has 0 N–H and O–H groups in total. The third-order valence-electron chi connectivity index (χ3n) is 24.3. The molecule has 0 saturated carbocycles. The minimum atomic E-state index is 0.627. The summed E-state index contributed by atoms with van der Waals surface area (Å²) < 4.78 is 9.80. The number of hydrogen-bond donors (Lipinski definition) is 0. The Balaban J connectivity index is 0.680. The summed E-state index contributed by atoms with van der Waals surface area (Å²) in [7, 11) is 0. The SMILES string of the molecule is c1ccc(-c2ccc(-c3nc(-n4c5ccccc5c5c6c7ccc(-c8ccc9ccc(-c%10nc(-n%11c%12ccccc%12c%12c%13c%14ccccc%14n%14c%15c%16ccccc%16ccc%15c(cc%12%11)c%13%14)nc%11c%10ccc%10ccccc%10%11)cc9c8)cc7n7c8c9ccccc9ccc8c(cc54)c67)nc4c3ccc3ccccc34)cc2)cc1. The molecule has 0 aliphatic heterocycles. The first-order valence-electron chi connectivity index (χ1n) is 37.8. The smallest absolute Gasteiger partial charge is 0.235 e. The summed E-state index contributed by atoms with van der Waals surface area (Å²) in [6.45, 7) is 0. The second kappa shape index (κ2) is 21.4. The normalized spacial score (nSPS) is 12.5. The van der Waals surface area contributed by atoms with Crippen LogP contribution >= 0.6 is 0 Å². The molecule has 26 aromatic rings. The zero-order chi connectivity index (χ0) is 71.3. The maximum absolute atomic E-state index is 5.86. The first kappa shape index (κ1) is 58.4. The van der Waals surface area contributed by atoms with Crippen molar-refractivity contribution < 1.29 is 0 Å². The average molecular weight is 1390 g/mol. The van der Waals surface area contributed by atoms with Gasteiger partial charge in [-0.25, -0.2) is 19.9 Å². The molecule has 26 rings (SSSR count). The number of aromatic nitrogens is 8. The van der Waals surface area contributed by atoms with E-state index < -0.39 is 0 Å². The highest BCUT2D eigenvalue weighted by atomic mass is 15.2. The fourth-order valence-corrected chi connectivity index (χ4v) is 19.6. The van der Waals surface area contributed by atoms with E-state index in [1.807, 2.05) is 0 Å². The van der Waals surface area contributed by atoms with Gasteiger partial charge in [-0.15, -0.1) is 0 Å². The van der Waals surface area contributed by atoms with Crippen LogP contribution in [-0.4, -0.2) is 37.9 Å². The Bertz CT molecular complexity index is 8590. The highest BCUT2D eigenvalue weighted by molar-refractivity contribution is 6.39. The zero-order valence-corrected chi connectivity index (χ0v) is 58.9. The maximum Gasteiger partial charge on any atom is 0.235 e. The van der Waals surface area contributed by atoms with Crippen LogP contribution in [0.2, 0.25) is 0 Å². The molecular formula is C102H56N8. The monoisotopic (exact) mass is 1390 g/mol. The Labute approximate surface area is 625 Å². The van der Waals surface area contributed by atoms with Gasteiger partial charge in [0.15, 0.2) is 0 Å². The second-order valence-corrected chi connectivity index (χ2v) is 29.9. The summed E-state index contributed by atoms with van der Waals surface area (Å²) in [5.41, 5.74) is 21.7. The Morgan fingerprint density at radius 1 is 0.173 bits per heavy atom. The van der Waals surface area contributed by atoms with Crippen LogP contribution in [0.1, 0.15) is 0 Å². The number of benzene rings is 18. The van der Waals surface area contributed by atoms with Gasteiger partial charge in [0.2, 0.25) is 11.9 Å². The van der Waals surface area contributed by atoms with Gasteiger partial charge in [-0.2, -0.15) is 0 Å². The lowest BCUT2D eigenvalue weighted by Crippen LogP contribution is -2.04. The van der Waals surface area contributed by atoms with Crippen molar-refractivity contribution in [2.75, 3.05) is 0 Å². The van der Waals surface area contributed by atoms with Crippen molar-refractivity contribution in [2.45, 2.75) is 0 Å². The van der Waals surface area contributed by atoms with Gasteiger partial charge in [0, 0.05) is 108 Å². The van der Waals surface area contributed by atoms with Crippen molar-refractivity contribution in [3.63, 3.8) is 0 Å². The standard InChI is InChI=1S/C102H56N8/c1-2-18-57(19-3-1)58-34-38-64(39-35-58)93-79-50-44-60-20-4-8-24-69(60)95(79)105-101(103-93)107-84-32-16-13-29-76(84)90-88(107)56-82-74-48-43-63-23-7-11-27-72(63)98(74)110-86-54-66(46-49-78(86)92(90)100(82)110)65-40-36-59-37-41-67(53-68(59)52-65)94-80-51-45-61-21-5-9-25-70(61)96(80)106-102(104-94)108-83-31-15-12-28-75(83)89-87(108)55-81-73-47-42-62-22-6-10-26-71(62)97(73)109-85-33-17-14-30-77(85)91(89)99(81)109/h1-56H. The molecule has 8 aromatic heterocycles. The lowest BCUT2D eigenvalue weighted by atomic mass is 9.96. The summed E-state index contributed by atoms with van der Waals surface area (Å²) >= 11 is 0. The molecule has 0 spiro atoms. The van der Waals surface area contributed by atoms with Crippen LogP contribution in [0.15, 0.2) is 340 Å². The zero-order valence-electron chi connectivity index (χ0n) is 58.9. The number of para-hydroxylation sites is 3. The molecule has 0 aliphatic rings. The third kappa shape index (κ3) is 7.76. The maximum atomic E-state index is 5.86. The van der Waals surface area contributed by atoms with Gasteiger partial charge in [0.25, 0.3) is 0 Å². The second-order valence-electron chi connectivity index (χ2n) is 29.9. The quantitative estimate of drug-likeness (QED) is 0.156. The predicted molar refractivity (Wildman–Crippen MR) is 460 cm³/mol. The van der Waals surface area contributed by atoms with Crippen LogP contribution in [0.4, 0.5) is 0 Å². The predicted octanol–water partition coefficient (Wildman–Crippen LogP) is 26.5. The molecule has 110 heavy (non-hydrogen) atoms. The first-order chi connectivity index (χ1) is 54.6. The van der Waals surface area contributed by atoms with Crippen molar-refractivity contribution in [3.05, 3.63) is 340 Å². The minimum Gasteiger partial charge on any atom is -0.307 e. The number of nitrogens with zero attached hydrogens (tertiary/aromatic N) is 8. The third-order valence-corrected chi connectivity index (χ3v) is 24.3. The van der Waals surface area contributed by atoms with Crippen LogP contribution in [-0.2, 0) is 0 Å². The van der Waals surface area contributed by atoms with E-state index in [0.29, 0.717) is 11.9 Å². The van der Waals surface area contributed by atoms with Crippen LogP contribution < -0.4 is 0 Å². The van der Waals surface area contributed by atoms with E-state index in [-0.39, 0.29) is 0 Å². The molecule has 8 heteroatoms. The molecule has 0 saturated heterocycles. The fraction of sp³-hybridized carbons (Fsp3) is 0. The Morgan fingerprint density at radius 2 is 0.536 bits per heavy atom. The van der Waals surface area contributed by atoms with E-state index >= 15 is 0 Å². The van der Waals surface area contributed by atoms with Gasteiger partial charge in [-0.1, -0.05) is 279 Å². The van der Waals surface area contributed by atoms with Gasteiger partial charge in [0.05, 0.1) is 77.6 Å². The largest absolute Gasteiger partial charge is 0.307 e. The summed E-state index contributed by atoms with van der Waals surface area (Å²) in [5, 5.41) is 27.9. The van der Waals surface area contributed by atoms with Crippen molar-refractivity contribution in [2.24, 2.45) is 0 Å². The highest BCUT2D eigenvalue weighted by Gasteiger charge is 2.30. The summed E-state index contributed by atoms with van der Waals surface area (Å²) in [6, 6.07) is 125. The Hall–Kier alpha value is -14.9. The molecule has 0 radical (unpaired) electrons. The van der Waals surface area contributed by atoms with E-state index in [2.05, 4.69) is 358 Å². The molecule has 8 heterocycles. The van der Waals surface area contributed by atoms with E-state index in [0.717, 1.165) is 132 Å². The van der Waals surface area contributed by atoms with Gasteiger partial charge in [-0.05, 0) is 115 Å². The molecule has 18 aromatic carbocycles. The number of rotatable bonds is 6. The Morgan fingerprint density at radius 3 is 1.09 bits per heavy atom. The lowest BCUT2D eigenvalue weighted by molar-refractivity contribution is 1.02. The van der Waals surface area contributed by atoms with Crippen molar-refractivity contribution in [1.82, 2.24) is 37.9 Å². The molecular weight excluding hydrogens is 1340 g/mol. The van der Waals surface area contributed by atoms with Gasteiger partial charge in [-0.3, -0.25) is 9.13 Å². The van der Waals surface area contributed by atoms with Crippen molar-refractivity contribution in [3.8, 4) is 56.7 Å². The van der Waals surface area contributed by atoms with Crippen molar-refractivity contribution in [1.29, 1.82) is 0 Å². The van der Waals surface area contributed by atoms with Crippen LogP contribution in [0, 0.1) is 0 Å². The van der Waals surface area contributed by atoms with E-state index in [1.165, 1.54) is 109 Å². The van der Waals surface area contributed by atoms with Crippen LogP contribution in [0.3, 0.4) is 0 Å². The van der Waals surface area contributed by atoms with E-state index in [4.69, 9.17) is 19.9 Å². The number of hydrogen-bond acceptors (Lipinski definition) is 4. The Kier molecular flexibility index (Phi) is 11.4. The van der Waals surface area contributed by atoms with Gasteiger partial charge in [0.1, 0.15) is 0 Å². The molecule has 0 bridgehead atoms. The molecule has 8 nitrogen and oxygen atoms in total. The van der Waals surface area contributed by atoms with E-state index in [9.17, 15) is 0 Å². The summed E-state index contributed by atoms with van der Waals surface area (Å²) in [6.07, 6.45) is 0. The molecule has 0 atom stereocenters. The summed E-state index contributed by atoms with van der Waals surface area (Å²) in [5.74, 6) is 1.25. The topological polar surface area (TPSA) is 70.2 Å². The van der Waals surface area contributed by atoms with E-state index in [1.54, 1.807) is 0 Å². The van der Waals surface area contributed by atoms with Crippen LogP contribution in [0.5, 0.6) is 0 Å². The average Bonchev–Trinajstić information content (AvgIpc) is 1.51. The minimum absolute atomic E-state index is 0.627. The number of fused-ring (bicyclic) bond motifs is 31. The fourth-order valence-electron chi connectivity index (χ4n) is 19.6. The molecule has 0 fully saturated rings. The lowest BCUT2D eigenvalue weighted by Gasteiger charge is -2.14. The molecule has 0 amide bonds. The van der Waals surface area contributed by atoms with Crippen molar-refractivity contribution >= 4 is 195 Å². The van der Waals surface area contributed by atoms with Crippen LogP contribution in [0.25, 0.3) is 252 Å². The summed E-state index contributed by atoms with van der Waals surface area (Å²) in [4.78, 5) is 23.0. The molecule has 0 aliphatic carbocycles. The first-order valence-corrected chi connectivity index (χ1v) is 37.8. The molecule has 0 unspecified atom stereocenters. The van der Waals surface area contributed by atoms with Gasteiger partial charge >= 0.3 is 0 Å².